The molecular formula is C14H24N4OS. The molecule has 1 aromatic rings. The highest BCUT2D eigenvalue weighted by atomic mass is 32.2. The first-order chi connectivity index (χ1) is 9.78. The molecule has 1 aliphatic rings. The van der Waals surface area contributed by atoms with Gasteiger partial charge in [0.25, 0.3) is 0 Å². The van der Waals surface area contributed by atoms with Gasteiger partial charge in [0, 0.05) is 19.2 Å². The van der Waals surface area contributed by atoms with Gasteiger partial charge < -0.3 is 15.3 Å². The molecule has 112 valence electrons. The van der Waals surface area contributed by atoms with Crippen molar-refractivity contribution in [3.05, 3.63) is 6.07 Å². The predicted octanol–water partition coefficient (Wildman–Crippen LogP) is 2.37. The van der Waals surface area contributed by atoms with Crippen molar-refractivity contribution in [2.75, 3.05) is 36.2 Å². The van der Waals surface area contributed by atoms with Crippen LogP contribution in [0.5, 0.6) is 0 Å². The van der Waals surface area contributed by atoms with Crippen LogP contribution in [-0.2, 0) is 0 Å². The second kappa shape index (κ2) is 7.69. The Kier molecular flexibility index (Phi) is 5.91. The summed E-state index contributed by atoms with van der Waals surface area (Å²) in [6.07, 6.45) is 6.43. The van der Waals surface area contributed by atoms with E-state index in [9.17, 15) is 5.11 Å². The first-order valence-corrected chi connectivity index (χ1v) is 8.55. The molecule has 0 aromatic carbocycles. The molecule has 0 radical (unpaired) electrons. The van der Waals surface area contributed by atoms with E-state index in [-0.39, 0.29) is 12.6 Å². The van der Waals surface area contributed by atoms with Gasteiger partial charge in [0.05, 0.1) is 12.6 Å². The number of piperidine rings is 1. The summed E-state index contributed by atoms with van der Waals surface area (Å²) in [5.74, 6) is 1.81. The van der Waals surface area contributed by atoms with E-state index < -0.39 is 0 Å². The van der Waals surface area contributed by atoms with Crippen LogP contribution in [-0.4, -0.2) is 47.1 Å². The van der Waals surface area contributed by atoms with Gasteiger partial charge in [-0.3, -0.25) is 0 Å². The fourth-order valence-corrected chi connectivity index (χ4v) is 2.86. The number of anilines is 2. The van der Waals surface area contributed by atoms with Crippen LogP contribution in [0.1, 0.15) is 32.6 Å². The van der Waals surface area contributed by atoms with Crippen LogP contribution in [0.3, 0.4) is 0 Å². The van der Waals surface area contributed by atoms with Gasteiger partial charge in [-0.15, -0.1) is 0 Å². The van der Waals surface area contributed by atoms with Crippen LogP contribution < -0.4 is 10.2 Å². The lowest BCUT2D eigenvalue weighted by molar-refractivity contribution is 0.239. The molecule has 2 heterocycles. The molecule has 2 N–H and O–H groups in total. The van der Waals surface area contributed by atoms with Gasteiger partial charge in [-0.25, -0.2) is 9.97 Å². The molecule has 6 heteroatoms. The van der Waals surface area contributed by atoms with E-state index in [1.54, 1.807) is 11.8 Å². The van der Waals surface area contributed by atoms with Gasteiger partial charge in [0.15, 0.2) is 5.16 Å². The third-order valence-electron chi connectivity index (χ3n) is 3.56. The van der Waals surface area contributed by atoms with Gasteiger partial charge in [-0.1, -0.05) is 18.7 Å². The Morgan fingerprint density at radius 3 is 3.00 bits per heavy atom. The average Bonchev–Trinajstić information content (AvgIpc) is 2.52. The number of nitrogens with one attached hydrogen (secondary N) is 1. The summed E-state index contributed by atoms with van der Waals surface area (Å²) in [4.78, 5) is 11.3. The molecular weight excluding hydrogens is 272 g/mol. The lowest BCUT2D eigenvalue weighted by atomic mass is 10.0. The lowest BCUT2D eigenvalue weighted by Gasteiger charge is -2.35. The second-order valence-corrected chi connectivity index (χ2v) is 5.82. The standard InChI is InChI=1S/C14H24N4OS/c1-3-7-15-12-9-13(17-14(16-12)20-2)18-8-5-4-6-11(18)10-19/h9,11,19H,3-8,10H2,1-2H3,(H,15,16,17). The highest BCUT2D eigenvalue weighted by Crippen LogP contribution is 2.26. The summed E-state index contributed by atoms with van der Waals surface area (Å²) < 4.78 is 0. The zero-order valence-electron chi connectivity index (χ0n) is 12.3. The molecule has 1 fully saturated rings. The van der Waals surface area contributed by atoms with Gasteiger partial charge in [-0.2, -0.15) is 0 Å². The van der Waals surface area contributed by atoms with E-state index in [2.05, 4.69) is 27.1 Å². The Labute approximate surface area is 125 Å². The van der Waals surface area contributed by atoms with Crippen LogP contribution in [0.15, 0.2) is 11.2 Å². The van der Waals surface area contributed by atoms with Crippen molar-refractivity contribution in [1.29, 1.82) is 0 Å². The zero-order valence-corrected chi connectivity index (χ0v) is 13.1. The third-order valence-corrected chi connectivity index (χ3v) is 4.11. The van der Waals surface area contributed by atoms with Crippen molar-refractivity contribution in [3.63, 3.8) is 0 Å². The van der Waals surface area contributed by atoms with Gasteiger partial charge in [-0.05, 0) is 31.9 Å². The number of hydrogen-bond donors (Lipinski definition) is 2. The van der Waals surface area contributed by atoms with Crippen molar-refractivity contribution >= 4 is 23.4 Å². The first kappa shape index (κ1) is 15.4. The number of nitrogens with zero attached hydrogens (tertiary/aromatic N) is 3. The Bertz CT molecular complexity index is 430. The normalized spacial score (nSPS) is 19.1. The zero-order chi connectivity index (χ0) is 14.4. The highest BCUT2D eigenvalue weighted by Gasteiger charge is 2.23. The van der Waals surface area contributed by atoms with Gasteiger partial charge >= 0.3 is 0 Å². The summed E-state index contributed by atoms with van der Waals surface area (Å²) >= 11 is 1.55. The molecule has 20 heavy (non-hydrogen) atoms. The van der Waals surface area contributed by atoms with Crippen molar-refractivity contribution in [3.8, 4) is 0 Å². The Morgan fingerprint density at radius 1 is 1.45 bits per heavy atom. The topological polar surface area (TPSA) is 61.3 Å². The minimum absolute atomic E-state index is 0.187. The van der Waals surface area contributed by atoms with E-state index in [4.69, 9.17) is 0 Å². The Hall–Kier alpha value is -1.01. The van der Waals surface area contributed by atoms with E-state index in [0.717, 1.165) is 49.1 Å². The molecule has 1 atom stereocenters. The fraction of sp³-hybridized carbons (Fsp3) is 0.714. The maximum atomic E-state index is 9.55. The monoisotopic (exact) mass is 296 g/mol. The van der Waals surface area contributed by atoms with E-state index in [1.807, 2.05) is 12.3 Å². The molecule has 5 nitrogen and oxygen atoms in total. The largest absolute Gasteiger partial charge is 0.394 e. The minimum atomic E-state index is 0.187. The molecule has 0 aliphatic carbocycles. The smallest absolute Gasteiger partial charge is 0.191 e. The maximum Gasteiger partial charge on any atom is 0.191 e. The number of thioether (sulfide) groups is 1. The number of aliphatic hydroxyl groups excluding tert-OH is 1. The third kappa shape index (κ3) is 3.76. The van der Waals surface area contributed by atoms with Crippen LogP contribution in [0.25, 0.3) is 0 Å². The molecule has 0 saturated carbocycles. The number of aromatic nitrogens is 2. The average molecular weight is 296 g/mol. The first-order valence-electron chi connectivity index (χ1n) is 7.33. The summed E-state index contributed by atoms with van der Waals surface area (Å²) in [6.45, 7) is 4.20. The Morgan fingerprint density at radius 2 is 2.30 bits per heavy atom. The minimum Gasteiger partial charge on any atom is -0.394 e. The maximum absolute atomic E-state index is 9.55. The molecule has 0 amide bonds. The molecule has 2 rings (SSSR count). The van der Waals surface area contributed by atoms with Gasteiger partial charge in [0.2, 0.25) is 0 Å². The van der Waals surface area contributed by atoms with Gasteiger partial charge in [0.1, 0.15) is 11.6 Å². The Balaban J connectivity index is 2.24. The van der Waals surface area contributed by atoms with Crippen LogP contribution in [0, 0.1) is 0 Å². The lowest BCUT2D eigenvalue weighted by Crippen LogP contribution is -2.42. The van der Waals surface area contributed by atoms with Crippen molar-refractivity contribution in [2.45, 2.75) is 43.8 Å². The quantitative estimate of drug-likeness (QED) is 0.621. The van der Waals surface area contributed by atoms with Crippen LogP contribution in [0.4, 0.5) is 11.6 Å². The molecule has 1 saturated heterocycles. The summed E-state index contributed by atoms with van der Waals surface area (Å²) in [7, 11) is 0. The van der Waals surface area contributed by atoms with Crippen molar-refractivity contribution < 1.29 is 5.11 Å². The number of aliphatic hydroxyl groups is 1. The molecule has 1 unspecified atom stereocenters. The number of hydrogen-bond acceptors (Lipinski definition) is 6. The van der Waals surface area contributed by atoms with Crippen molar-refractivity contribution in [2.24, 2.45) is 0 Å². The highest BCUT2D eigenvalue weighted by molar-refractivity contribution is 7.98. The molecule has 0 bridgehead atoms. The van der Waals surface area contributed by atoms with Crippen LogP contribution >= 0.6 is 11.8 Å². The second-order valence-electron chi connectivity index (χ2n) is 5.05. The summed E-state index contributed by atoms with van der Waals surface area (Å²) in [5.41, 5.74) is 0. The van der Waals surface area contributed by atoms with Crippen LogP contribution in [0.2, 0.25) is 0 Å². The molecule has 1 aromatic heterocycles. The fourth-order valence-electron chi connectivity index (χ4n) is 2.49. The predicted molar refractivity (Wildman–Crippen MR) is 84.7 cm³/mol. The molecule has 0 spiro atoms. The van der Waals surface area contributed by atoms with E-state index in [1.165, 1.54) is 6.42 Å². The SMILES string of the molecule is CCCNc1cc(N2CCCCC2CO)nc(SC)n1. The summed E-state index contributed by atoms with van der Waals surface area (Å²) in [6, 6.07) is 2.19. The van der Waals surface area contributed by atoms with Crippen molar-refractivity contribution in [1.82, 2.24) is 9.97 Å². The molecule has 1 aliphatic heterocycles. The summed E-state index contributed by atoms with van der Waals surface area (Å²) in [5, 5.41) is 13.7. The van der Waals surface area contributed by atoms with E-state index >= 15 is 0 Å². The number of rotatable bonds is 6. The van der Waals surface area contributed by atoms with E-state index in [0.29, 0.717) is 0 Å².